The molecule has 1 N–H and O–H groups in total. The molecule has 0 bridgehead atoms. The number of hydrogen-bond donors (Lipinski definition) is 1. The van der Waals surface area contributed by atoms with Gasteiger partial charge in [0.15, 0.2) is 5.78 Å². The number of benzene rings is 2. The Bertz CT molecular complexity index is 1390. The highest BCUT2D eigenvalue weighted by Crippen LogP contribution is 2.27. The van der Waals surface area contributed by atoms with Crippen LogP contribution in [-0.2, 0) is 6.54 Å². The van der Waals surface area contributed by atoms with Crippen LogP contribution in [0.5, 0.6) is 11.6 Å². The molecule has 148 valence electrons. The molecular formula is C23H17ClN4O2. The van der Waals surface area contributed by atoms with Crippen LogP contribution in [0.4, 0.5) is 0 Å². The molecule has 0 aliphatic heterocycles. The Labute approximate surface area is 177 Å². The van der Waals surface area contributed by atoms with Crippen LogP contribution in [-0.4, -0.2) is 25.3 Å². The fraction of sp³-hybridized carbons (Fsp3) is 0.0870. The van der Waals surface area contributed by atoms with Gasteiger partial charge in [-0.25, -0.2) is 9.97 Å². The number of fused-ring (bicyclic) bond motifs is 2. The van der Waals surface area contributed by atoms with E-state index in [2.05, 4.69) is 15.0 Å². The van der Waals surface area contributed by atoms with Crippen molar-refractivity contribution in [2.75, 3.05) is 0 Å². The number of imidazole rings is 1. The number of aryl methyl sites for hydroxylation is 1. The van der Waals surface area contributed by atoms with Crippen LogP contribution in [0.1, 0.15) is 16.2 Å². The molecule has 3 aromatic heterocycles. The number of halogens is 1. The summed E-state index contributed by atoms with van der Waals surface area (Å²) in [6.07, 6.45) is 3.41. The van der Waals surface area contributed by atoms with Crippen molar-refractivity contribution in [1.82, 2.24) is 19.5 Å². The lowest BCUT2D eigenvalue weighted by molar-refractivity contribution is 0.0974. The lowest BCUT2D eigenvalue weighted by Gasteiger charge is -2.07. The summed E-state index contributed by atoms with van der Waals surface area (Å²) < 4.78 is 7.68. The molecular weight excluding hydrogens is 400 g/mol. The van der Waals surface area contributed by atoms with Gasteiger partial charge < -0.3 is 14.3 Å². The van der Waals surface area contributed by atoms with Gasteiger partial charge in [-0.3, -0.25) is 4.79 Å². The Balaban J connectivity index is 1.44. The fourth-order valence-electron chi connectivity index (χ4n) is 3.58. The normalized spacial score (nSPS) is 11.3. The average Bonchev–Trinajstić information content (AvgIpc) is 3.29. The van der Waals surface area contributed by atoms with Gasteiger partial charge in [0.1, 0.15) is 11.6 Å². The predicted octanol–water partition coefficient (Wildman–Crippen LogP) is 5.55. The number of ether oxygens (including phenoxy) is 1. The number of hydrogen-bond acceptors (Lipinski definition) is 4. The van der Waals surface area contributed by atoms with Crippen LogP contribution in [0.15, 0.2) is 67.0 Å². The molecule has 0 aliphatic rings. The molecule has 5 aromatic rings. The summed E-state index contributed by atoms with van der Waals surface area (Å²) in [5.41, 5.74) is 3.12. The lowest BCUT2D eigenvalue weighted by atomic mass is 10.1. The molecule has 30 heavy (non-hydrogen) atoms. The third kappa shape index (κ3) is 3.31. The van der Waals surface area contributed by atoms with Crippen molar-refractivity contribution in [2.24, 2.45) is 0 Å². The number of nitrogens with one attached hydrogen (secondary N) is 1. The minimum atomic E-state index is -0.00278. The average molecular weight is 417 g/mol. The van der Waals surface area contributed by atoms with Crippen molar-refractivity contribution < 1.29 is 9.53 Å². The van der Waals surface area contributed by atoms with Gasteiger partial charge in [0.25, 0.3) is 0 Å². The van der Waals surface area contributed by atoms with Gasteiger partial charge in [0, 0.05) is 46.0 Å². The van der Waals surface area contributed by atoms with E-state index in [1.807, 2.05) is 47.9 Å². The molecule has 3 heterocycles. The maximum atomic E-state index is 13.1. The summed E-state index contributed by atoms with van der Waals surface area (Å²) >= 11 is 6.06. The van der Waals surface area contributed by atoms with Crippen LogP contribution >= 0.6 is 11.6 Å². The van der Waals surface area contributed by atoms with E-state index in [4.69, 9.17) is 16.3 Å². The lowest BCUT2D eigenvalue weighted by Crippen LogP contribution is -2.11. The number of ketones is 1. The highest BCUT2D eigenvalue weighted by atomic mass is 35.5. The number of nitrogens with zero attached hydrogens (tertiary/aromatic N) is 3. The van der Waals surface area contributed by atoms with Gasteiger partial charge in [0.2, 0.25) is 5.88 Å². The second-order valence-electron chi connectivity index (χ2n) is 6.98. The second-order valence-corrected chi connectivity index (χ2v) is 7.42. The summed E-state index contributed by atoms with van der Waals surface area (Å²) in [4.78, 5) is 24.9. The van der Waals surface area contributed by atoms with Gasteiger partial charge in [-0.15, -0.1) is 0 Å². The number of carbonyl (C=O) groups excluding carboxylic acids is 1. The van der Waals surface area contributed by atoms with Gasteiger partial charge in [0.05, 0.1) is 17.6 Å². The number of aromatic amines is 1. The van der Waals surface area contributed by atoms with Crippen LogP contribution < -0.4 is 4.74 Å². The number of rotatable bonds is 5. The third-order valence-electron chi connectivity index (χ3n) is 5.02. The summed E-state index contributed by atoms with van der Waals surface area (Å²) in [6, 6.07) is 16.6. The fourth-order valence-corrected chi connectivity index (χ4v) is 3.75. The van der Waals surface area contributed by atoms with Crippen LogP contribution in [0, 0.1) is 6.92 Å². The number of Topliss-reactive ketones (excluding diaryl/α,β-unsaturated/α-hetero) is 1. The van der Waals surface area contributed by atoms with Crippen molar-refractivity contribution in [1.29, 1.82) is 0 Å². The SMILES string of the molecule is Cc1nc2cc(Cl)ccc2n1CC(=O)c1c[nH]c2cc(Oc3ccccn3)ccc12. The van der Waals surface area contributed by atoms with E-state index in [0.29, 0.717) is 22.2 Å². The summed E-state index contributed by atoms with van der Waals surface area (Å²) in [7, 11) is 0. The van der Waals surface area contributed by atoms with E-state index in [0.717, 1.165) is 27.8 Å². The molecule has 0 saturated heterocycles. The maximum absolute atomic E-state index is 13.1. The first-order valence-corrected chi connectivity index (χ1v) is 9.82. The first-order valence-electron chi connectivity index (χ1n) is 9.44. The van der Waals surface area contributed by atoms with E-state index < -0.39 is 0 Å². The van der Waals surface area contributed by atoms with Crippen molar-refractivity contribution >= 4 is 39.3 Å². The zero-order valence-electron chi connectivity index (χ0n) is 16.1. The van der Waals surface area contributed by atoms with Gasteiger partial charge in [-0.2, -0.15) is 0 Å². The van der Waals surface area contributed by atoms with E-state index in [-0.39, 0.29) is 12.3 Å². The largest absolute Gasteiger partial charge is 0.439 e. The van der Waals surface area contributed by atoms with Crippen LogP contribution in [0.2, 0.25) is 5.02 Å². The Morgan fingerprint density at radius 2 is 2.07 bits per heavy atom. The van der Waals surface area contributed by atoms with Gasteiger partial charge >= 0.3 is 0 Å². The minimum absolute atomic E-state index is 0.00278. The number of H-pyrrole nitrogens is 1. The van der Waals surface area contributed by atoms with E-state index >= 15 is 0 Å². The molecule has 0 unspecified atom stereocenters. The Hall–Kier alpha value is -3.64. The number of aromatic nitrogens is 4. The topological polar surface area (TPSA) is 72.8 Å². The van der Waals surface area contributed by atoms with Gasteiger partial charge in [-0.1, -0.05) is 17.7 Å². The molecule has 5 rings (SSSR count). The van der Waals surface area contributed by atoms with Gasteiger partial charge in [-0.05, 0) is 43.3 Å². The smallest absolute Gasteiger partial charge is 0.219 e. The standard InChI is InChI=1S/C23H17ClN4O2/c1-14-27-20-10-15(24)5-8-21(20)28(14)13-22(29)18-12-26-19-11-16(6-7-17(18)19)30-23-4-2-3-9-25-23/h2-12,26H,13H2,1H3. The van der Waals surface area contributed by atoms with E-state index in [9.17, 15) is 4.79 Å². The molecule has 0 spiro atoms. The van der Waals surface area contributed by atoms with Crippen LogP contribution in [0.25, 0.3) is 21.9 Å². The zero-order valence-corrected chi connectivity index (χ0v) is 16.8. The summed E-state index contributed by atoms with van der Waals surface area (Å²) in [5.74, 6) is 1.93. The Kier molecular flexibility index (Phi) is 4.48. The number of carbonyl (C=O) groups is 1. The monoisotopic (exact) mass is 416 g/mol. The zero-order chi connectivity index (χ0) is 20.7. The minimum Gasteiger partial charge on any atom is -0.439 e. The highest BCUT2D eigenvalue weighted by molar-refractivity contribution is 6.31. The third-order valence-corrected chi connectivity index (χ3v) is 5.25. The Morgan fingerprint density at radius 3 is 2.90 bits per heavy atom. The summed E-state index contributed by atoms with van der Waals surface area (Å²) in [6.45, 7) is 2.08. The van der Waals surface area contributed by atoms with Crippen molar-refractivity contribution in [3.8, 4) is 11.6 Å². The first kappa shape index (κ1) is 18.4. The molecule has 0 amide bonds. The molecule has 6 nitrogen and oxygen atoms in total. The maximum Gasteiger partial charge on any atom is 0.219 e. The Morgan fingerprint density at radius 1 is 1.17 bits per heavy atom. The van der Waals surface area contributed by atoms with Crippen molar-refractivity contribution in [3.05, 3.63) is 83.4 Å². The second kappa shape index (κ2) is 7.31. The molecule has 0 aliphatic carbocycles. The molecule has 0 radical (unpaired) electrons. The van der Waals surface area contributed by atoms with Crippen molar-refractivity contribution in [3.63, 3.8) is 0 Å². The van der Waals surface area contributed by atoms with Crippen molar-refractivity contribution in [2.45, 2.75) is 13.5 Å². The van der Waals surface area contributed by atoms with Crippen LogP contribution in [0.3, 0.4) is 0 Å². The predicted molar refractivity (Wildman–Crippen MR) is 116 cm³/mol. The first-order chi connectivity index (χ1) is 14.6. The quantitative estimate of drug-likeness (QED) is 0.381. The molecule has 7 heteroatoms. The van der Waals surface area contributed by atoms with E-state index in [1.165, 1.54) is 0 Å². The van der Waals surface area contributed by atoms with E-state index in [1.54, 1.807) is 30.6 Å². The molecule has 0 saturated carbocycles. The number of pyridine rings is 1. The molecule has 0 fully saturated rings. The molecule has 2 aromatic carbocycles. The highest BCUT2D eigenvalue weighted by Gasteiger charge is 2.16. The molecule has 0 atom stereocenters. The summed E-state index contributed by atoms with van der Waals surface area (Å²) in [5, 5.41) is 1.47.